The van der Waals surface area contributed by atoms with Crippen molar-refractivity contribution in [2.45, 2.75) is 39.8 Å². The largest absolute Gasteiger partial charge is 0.396 e. The van der Waals surface area contributed by atoms with Gasteiger partial charge in [-0.15, -0.1) is 0 Å². The van der Waals surface area contributed by atoms with Crippen molar-refractivity contribution in [3.05, 3.63) is 0 Å². The number of nitrogens with zero attached hydrogens (tertiary/aromatic N) is 1. The average molecular weight is 283 g/mol. The zero-order valence-electron chi connectivity index (χ0n) is 11.8. The summed E-state index contributed by atoms with van der Waals surface area (Å²) in [5.41, 5.74) is -0.341. The monoisotopic (exact) mass is 283 g/mol. The van der Waals surface area contributed by atoms with E-state index in [1.165, 1.54) is 0 Å². The quantitative estimate of drug-likeness (QED) is 0.494. The van der Waals surface area contributed by atoms with E-state index in [0.29, 0.717) is 19.0 Å². The molecule has 0 saturated carbocycles. The van der Waals surface area contributed by atoms with Gasteiger partial charge in [-0.05, 0) is 13.3 Å². The van der Waals surface area contributed by atoms with Gasteiger partial charge in [0.25, 0.3) is 0 Å². The Morgan fingerprint density at radius 2 is 1.84 bits per heavy atom. The number of aliphatic imine (C=N–C) groups is 1. The topological polar surface area (TPSA) is 56.7 Å². The molecule has 0 rings (SSSR count). The summed E-state index contributed by atoms with van der Waals surface area (Å²) in [7, 11) is 0. The van der Waals surface area contributed by atoms with E-state index in [0.717, 1.165) is 6.42 Å². The van der Waals surface area contributed by atoms with Crippen LogP contribution in [-0.2, 0) is 0 Å². The van der Waals surface area contributed by atoms with Gasteiger partial charge in [0, 0.05) is 18.5 Å². The highest BCUT2D eigenvalue weighted by Crippen LogP contribution is 2.20. The summed E-state index contributed by atoms with van der Waals surface area (Å²) in [6, 6.07) is 0. The highest BCUT2D eigenvalue weighted by molar-refractivity contribution is 5.79. The lowest BCUT2D eigenvalue weighted by molar-refractivity contribution is -0.132. The van der Waals surface area contributed by atoms with Gasteiger partial charge >= 0.3 is 6.18 Å². The Morgan fingerprint density at radius 1 is 1.21 bits per heavy atom. The first kappa shape index (κ1) is 18.0. The Balaban J connectivity index is 4.38. The van der Waals surface area contributed by atoms with Crippen LogP contribution in [0, 0.1) is 5.41 Å². The smallest absolute Gasteiger partial charge is 0.390 e. The molecular weight excluding hydrogens is 259 g/mol. The molecular formula is C12H24F3N3O. The van der Waals surface area contributed by atoms with E-state index in [1.807, 2.05) is 20.8 Å². The first-order valence-electron chi connectivity index (χ1n) is 6.46. The van der Waals surface area contributed by atoms with Crippen molar-refractivity contribution < 1.29 is 18.3 Å². The fourth-order valence-electron chi connectivity index (χ4n) is 1.21. The minimum absolute atomic E-state index is 0.00500. The number of halogens is 3. The second kappa shape index (κ2) is 8.24. The molecule has 0 aliphatic heterocycles. The summed E-state index contributed by atoms with van der Waals surface area (Å²) in [6.45, 7) is 6.38. The Hall–Kier alpha value is -0.980. The van der Waals surface area contributed by atoms with Crippen LogP contribution < -0.4 is 10.6 Å². The van der Waals surface area contributed by atoms with Gasteiger partial charge in [0.1, 0.15) is 0 Å². The van der Waals surface area contributed by atoms with Gasteiger partial charge < -0.3 is 15.7 Å². The second-order valence-corrected chi connectivity index (χ2v) is 4.81. The number of nitrogens with one attached hydrogen (secondary N) is 2. The normalized spacial score (nSPS) is 16.1. The standard InChI is InChI=1S/C12H24F3N3O/c1-4-11(3,9-19)8-18-10(16-5-2)17-7-6-12(13,14)15/h19H,4-9H2,1-3H3,(H2,16,17,18). The van der Waals surface area contributed by atoms with E-state index in [1.54, 1.807) is 0 Å². The molecule has 0 aliphatic rings. The minimum atomic E-state index is -4.17. The number of aliphatic hydroxyl groups excluding tert-OH is 1. The first-order valence-corrected chi connectivity index (χ1v) is 6.46. The Morgan fingerprint density at radius 3 is 2.26 bits per heavy atom. The zero-order valence-corrected chi connectivity index (χ0v) is 11.8. The molecule has 0 aromatic rings. The van der Waals surface area contributed by atoms with Crippen molar-refractivity contribution in [3.63, 3.8) is 0 Å². The van der Waals surface area contributed by atoms with E-state index in [4.69, 9.17) is 0 Å². The molecule has 0 aliphatic carbocycles. The first-order chi connectivity index (χ1) is 8.76. The molecule has 0 aromatic carbocycles. The fraction of sp³-hybridized carbons (Fsp3) is 0.917. The van der Waals surface area contributed by atoms with Gasteiger partial charge in [0.05, 0.1) is 19.6 Å². The van der Waals surface area contributed by atoms with E-state index in [9.17, 15) is 18.3 Å². The maximum atomic E-state index is 12.0. The van der Waals surface area contributed by atoms with Crippen molar-refractivity contribution in [2.75, 3.05) is 26.2 Å². The molecule has 4 nitrogen and oxygen atoms in total. The summed E-state index contributed by atoms with van der Waals surface area (Å²) in [5.74, 6) is 0.347. The molecule has 0 spiro atoms. The lowest BCUT2D eigenvalue weighted by Crippen LogP contribution is -2.40. The maximum absolute atomic E-state index is 12.0. The van der Waals surface area contributed by atoms with Crippen LogP contribution in [0.5, 0.6) is 0 Å². The van der Waals surface area contributed by atoms with Crippen molar-refractivity contribution >= 4 is 5.96 Å². The lowest BCUT2D eigenvalue weighted by Gasteiger charge is -2.23. The number of hydrogen-bond acceptors (Lipinski definition) is 2. The summed E-state index contributed by atoms with van der Waals surface area (Å²) in [6.07, 6.45) is -4.33. The fourth-order valence-corrected chi connectivity index (χ4v) is 1.21. The van der Waals surface area contributed by atoms with Crippen LogP contribution in [0.2, 0.25) is 0 Å². The van der Waals surface area contributed by atoms with Crippen molar-refractivity contribution in [1.29, 1.82) is 0 Å². The van der Waals surface area contributed by atoms with Gasteiger partial charge in [-0.2, -0.15) is 13.2 Å². The van der Waals surface area contributed by atoms with Crippen LogP contribution in [0.4, 0.5) is 13.2 Å². The van der Waals surface area contributed by atoms with Gasteiger partial charge in [0.2, 0.25) is 0 Å². The van der Waals surface area contributed by atoms with E-state index in [-0.39, 0.29) is 18.6 Å². The number of rotatable bonds is 7. The Kier molecular flexibility index (Phi) is 7.82. The van der Waals surface area contributed by atoms with Crippen molar-refractivity contribution in [2.24, 2.45) is 10.4 Å². The van der Waals surface area contributed by atoms with E-state index >= 15 is 0 Å². The van der Waals surface area contributed by atoms with Crippen LogP contribution in [-0.4, -0.2) is 43.5 Å². The lowest BCUT2D eigenvalue weighted by atomic mass is 9.89. The van der Waals surface area contributed by atoms with Crippen LogP contribution in [0.15, 0.2) is 4.99 Å². The Bertz CT molecular complexity index is 276. The van der Waals surface area contributed by atoms with E-state index in [2.05, 4.69) is 15.6 Å². The third kappa shape index (κ3) is 8.69. The van der Waals surface area contributed by atoms with Crippen LogP contribution >= 0.6 is 0 Å². The molecule has 1 atom stereocenters. The molecule has 3 N–H and O–H groups in total. The highest BCUT2D eigenvalue weighted by atomic mass is 19.4. The number of guanidine groups is 1. The van der Waals surface area contributed by atoms with Crippen molar-refractivity contribution in [3.8, 4) is 0 Å². The summed E-state index contributed by atoms with van der Waals surface area (Å²) >= 11 is 0. The molecule has 0 saturated heterocycles. The molecule has 0 bridgehead atoms. The zero-order chi connectivity index (χ0) is 14.9. The number of alkyl halides is 3. The molecule has 114 valence electrons. The summed E-state index contributed by atoms with van der Waals surface area (Å²) in [4.78, 5) is 4.21. The number of aliphatic hydroxyl groups is 1. The van der Waals surface area contributed by atoms with Gasteiger partial charge in [0.15, 0.2) is 5.96 Å². The Labute approximate surface area is 112 Å². The van der Waals surface area contributed by atoms with Gasteiger partial charge in [-0.1, -0.05) is 13.8 Å². The third-order valence-corrected chi connectivity index (χ3v) is 2.90. The molecule has 0 fully saturated rings. The minimum Gasteiger partial charge on any atom is -0.396 e. The molecule has 0 heterocycles. The predicted octanol–water partition coefficient (Wildman–Crippen LogP) is 1.90. The van der Waals surface area contributed by atoms with Gasteiger partial charge in [-0.3, -0.25) is 4.99 Å². The summed E-state index contributed by atoms with van der Waals surface area (Å²) < 4.78 is 36.1. The molecule has 1 unspecified atom stereocenters. The van der Waals surface area contributed by atoms with Crippen LogP contribution in [0.1, 0.15) is 33.6 Å². The molecule has 7 heteroatoms. The van der Waals surface area contributed by atoms with Crippen LogP contribution in [0.25, 0.3) is 0 Å². The van der Waals surface area contributed by atoms with E-state index < -0.39 is 12.6 Å². The molecule has 0 aromatic heterocycles. The van der Waals surface area contributed by atoms with Crippen LogP contribution in [0.3, 0.4) is 0 Å². The SMILES string of the molecule is CCNC(=NCC(C)(CC)CO)NCCC(F)(F)F. The van der Waals surface area contributed by atoms with Crippen molar-refractivity contribution in [1.82, 2.24) is 10.6 Å². The average Bonchev–Trinajstić information content (AvgIpc) is 2.34. The number of hydrogen-bond donors (Lipinski definition) is 3. The molecule has 0 amide bonds. The second-order valence-electron chi connectivity index (χ2n) is 4.81. The molecule has 19 heavy (non-hydrogen) atoms. The summed E-state index contributed by atoms with van der Waals surface area (Å²) in [5, 5.41) is 14.8. The van der Waals surface area contributed by atoms with Gasteiger partial charge in [-0.25, -0.2) is 0 Å². The molecule has 0 radical (unpaired) electrons. The third-order valence-electron chi connectivity index (χ3n) is 2.90. The maximum Gasteiger partial charge on any atom is 0.390 e. The predicted molar refractivity (Wildman–Crippen MR) is 70.1 cm³/mol. The highest BCUT2D eigenvalue weighted by Gasteiger charge is 2.26.